The van der Waals surface area contributed by atoms with Gasteiger partial charge in [0.15, 0.2) is 0 Å². The highest BCUT2D eigenvalue weighted by atomic mass is 16.2. The van der Waals surface area contributed by atoms with Gasteiger partial charge in [0.05, 0.1) is 5.56 Å². The first-order chi connectivity index (χ1) is 8.79. The smallest absolute Gasteiger partial charge is 0.256 e. The van der Waals surface area contributed by atoms with Gasteiger partial charge in [-0.15, -0.1) is 0 Å². The Morgan fingerprint density at radius 1 is 1.28 bits per heavy atom. The van der Waals surface area contributed by atoms with Crippen molar-refractivity contribution in [2.24, 2.45) is 5.92 Å². The van der Waals surface area contributed by atoms with Crippen LogP contribution in [-0.2, 0) is 0 Å². The van der Waals surface area contributed by atoms with Gasteiger partial charge in [0.1, 0.15) is 0 Å². The molecule has 1 aromatic carbocycles. The molecule has 3 heteroatoms. The second kappa shape index (κ2) is 4.63. The predicted octanol–water partition coefficient (Wildman–Crippen LogP) is 2.74. The largest absolute Gasteiger partial charge is 0.387 e. The lowest BCUT2D eigenvalue weighted by atomic mass is 10.1. The summed E-state index contributed by atoms with van der Waals surface area (Å²) in [6, 6.07) is 8.30. The first kappa shape index (κ1) is 11.6. The highest BCUT2D eigenvalue weighted by Crippen LogP contribution is 2.36. The number of benzene rings is 1. The Morgan fingerprint density at radius 2 is 2.00 bits per heavy atom. The predicted molar refractivity (Wildman–Crippen MR) is 72.8 cm³/mol. The van der Waals surface area contributed by atoms with Crippen LogP contribution >= 0.6 is 0 Å². The first-order valence-corrected chi connectivity index (χ1v) is 6.87. The molecular weight excluding hydrogens is 224 g/mol. The van der Waals surface area contributed by atoms with Crippen LogP contribution in [0.2, 0.25) is 0 Å². The number of nitrogens with one attached hydrogen (secondary N) is 1. The van der Waals surface area contributed by atoms with E-state index >= 15 is 0 Å². The fraction of sp³-hybridized carbons (Fsp3) is 0.533. The van der Waals surface area contributed by atoms with E-state index in [1.165, 1.54) is 25.7 Å². The van der Waals surface area contributed by atoms with Gasteiger partial charge in [-0.25, -0.2) is 0 Å². The van der Waals surface area contributed by atoms with Gasteiger partial charge in [0.2, 0.25) is 0 Å². The molecule has 3 nitrogen and oxygen atoms in total. The number of hydrogen-bond donors (Lipinski definition) is 1. The minimum Gasteiger partial charge on any atom is -0.387 e. The minimum atomic E-state index is 0.203. The fourth-order valence-corrected chi connectivity index (χ4v) is 2.40. The van der Waals surface area contributed by atoms with Crippen molar-refractivity contribution in [3.05, 3.63) is 29.8 Å². The third-order valence-corrected chi connectivity index (χ3v) is 3.83. The van der Waals surface area contributed by atoms with Crippen LogP contribution in [0.25, 0.3) is 0 Å². The summed E-state index contributed by atoms with van der Waals surface area (Å²) in [6.07, 6.45) is 4.95. The van der Waals surface area contributed by atoms with Crippen LogP contribution in [-0.4, -0.2) is 30.4 Å². The van der Waals surface area contributed by atoms with Crippen LogP contribution in [0.15, 0.2) is 24.3 Å². The number of carbonyl (C=O) groups excluding carboxylic acids is 1. The van der Waals surface area contributed by atoms with E-state index in [2.05, 4.69) is 10.2 Å². The van der Waals surface area contributed by atoms with Crippen molar-refractivity contribution in [1.82, 2.24) is 4.90 Å². The van der Waals surface area contributed by atoms with Crippen molar-refractivity contribution >= 4 is 11.6 Å². The highest BCUT2D eigenvalue weighted by Gasteiger charge is 2.37. The second-order valence-corrected chi connectivity index (χ2v) is 5.43. The summed E-state index contributed by atoms with van der Waals surface area (Å²) in [4.78, 5) is 14.8. The number of hydrogen-bond acceptors (Lipinski definition) is 2. The lowest BCUT2D eigenvalue weighted by Gasteiger charge is -2.23. The number of rotatable bonds is 5. The Labute approximate surface area is 108 Å². The van der Waals surface area contributed by atoms with E-state index in [0.29, 0.717) is 6.04 Å². The number of anilines is 1. The number of amides is 1. The molecule has 96 valence electrons. The molecule has 3 rings (SSSR count). The van der Waals surface area contributed by atoms with Crippen molar-refractivity contribution in [3.63, 3.8) is 0 Å². The number of carbonyl (C=O) groups is 1. The van der Waals surface area contributed by atoms with Gasteiger partial charge >= 0.3 is 0 Å². The fourth-order valence-electron chi connectivity index (χ4n) is 2.40. The summed E-state index contributed by atoms with van der Waals surface area (Å²) in [5, 5.41) is 3.11. The Morgan fingerprint density at radius 3 is 2.61 bits per heavy atom. The standard InChI is InChI=1S/C15H20N2O/c1-16-14-5-3-2-4-13(14)15(18)17(12-8-9-12)10-11-6-7-11/h2-5,11-12,16H,6-10H2,1H3. The molecule has 18 heavy (non-hydrogen) atoms. The summed E-state index contributed by atoms with van der Waals surface area (Å²) < 4.78 is 0. The topological polar surface area (TPSA) is 32.3 Å². The molecule has 1 amide bonds. The quantitative estimate of drug-likeness (QED) is 0.863. The van der Waals surface area contributed by atoms with Gasteiger partial charge in [-0.05, 0) is 43.7 Å². The lowest BCUT2D eigenvalue weighted by Crippen LogP contribution is -2.35. The molecule has 0 radical (unpaired) electrons. The van der Waals surface area contributed by atoms with Crippen molar-refractivity contribution < 1.29 is 4.79 Å². The van der Waals surface area contributed by atoms with Gasteiger partial charge < -0.3 is 10.2 Å². The van der Waals surface area contributed by atoms with Gasteiger partial charge in [-0.1, -0.05) is 12.1 Å². The molecule has 1 N–H and O–H groups in total. The molecule has 0 atom stereocenters. The average Bonchev–Trinajstić information content (AvgIpc) is 3.28. The monoisotopic (exact) mass is 244 g/mol. The van der Waals surface area contributed by atoms with Crippen LogP contribution in [0.3, 0.4) is 0 Å². The zero-order chi connectivity index (χ0) is 12.5. The Hall–Kier alpha value is -1.51. The normalized spacial score (nSPS) is 18.5. The Kier molecular flexibility index (Phi) is 2.98. The summed E-state index contributed by atoms with van der Waals surface area (Å²) >= 11 is 0. The SMILES string of the molecule is CNc1ccccc1C(=O)N(CC1CC1)C1CC1. The van der Waals surface area contributed by atoms with Crippen molar-refractivity contribution in [3.8, 4) is 0 Å². The van der Waals surface area contributed by atoms with Gasteiger partial charge in [0, 0.05) is 25.3 Å². The van der Waals surface area contributed by atoms with Crippen LogP contribution in [0, 0.1) is 5.92 Å². The Balaban J connectivity index is 1.81. The molecule has 0 saturated heterocycles. The van der Waals surface area contributed by atoms with Crippen LogP contribution < -0.4 is 5.32 Å². The van der Waals surface area contributed by atoms with Gasteiger partial charge in [-0.2, -0.15) is 0 Å². The van der Waals surface area contributed by atoms with E-state index < -0.39 is 0 Å². The van der Waals surface area contributed by atoms with Crippen molar-refractivity contribution in [1.29, 1.82) is 0 Å². The van der Waals surface area contributed by atoms with E-state index in [1.807, 2.05) is 31.3 Å². The molecule has 2 aliphatic rings. The second-order valence-electron chi connectivity index (χ2n) is 5.43. The molecule has 0 spiro atoms. The minimum absolute atomic E-state index is 0.203. The van der Waals surface area contributed by atoms with Gasteiger partial charge in [-0.3, -0.25) is 4.79 Å². The van der Waals surface area contributed by atoms with E-state index in [-0.39, 0.29) is 5.91 Å². The highest BCUT2D eigenvalue weighted by molar-refractivity contribution is 5.99. The third kappa shape index (κ3) is 2.35. The Bertz CT molecular complexity index is 450. The zero-order valence-corrected chi connectivity index (χ0v) is 10.9. The summed E-state index contributed by atoms with van der Waals surface area (Å²) in [5.74, 6) is 0.964. The molecule has 0 unspecified atom stereocenters. The van der Waals surface area contributed by atoms with E-state index in [1.54, 1.807) is 0 Å². The average molecular weight is 244 g/mol. The molecule has 2 fully saturated rings. The first-order valence-electron chi connectivity index (χ1n) is 6.87. The van der Waals surface area contributed by atoms with E-state index in [0.717, 1.165) is 23.7 Å². The molecular formula is C15H20N2O. The maximum atomic E-state index is 12.7. The van der Waals surface area contributed by atoms with E-state index in [9.17, 15) is 4.79 Å². The van der Waals surface area contributed by atoms with Crippen molar-refractivity contribution in [2.45, 2.75) is 31.7 Å². The lowest BCUT2D eigenvalue weighted by molar-refractivity contribution is 0.0736. The van der Waals surface area contributed by atoms with E-state index in [4.69, 9.17) is 0 Å². The zero-order valence-electron chi connectivity index (χ0n) is 10.9. The van der Waals surface area contributed by atoms with Crippen LogP contribution in [0.5, 0.6) is 0 Å². The molecule has 2 aliphatic carbocycles. The number of nitrogens with zero attached hydrogens (tertiary/aromatic N) is 1. The van der Waals surface area contributed by atoms with Crippen LogP contribution in [0.4, 0.5) is 5.69 Å². The molecule has 1 aromatic rings. The third-order valence-electron chi connectivity index (χ3n) is 3.83. The molecule has 0 heterocycles. The molecule has 0 aromatic heterocycles. The summed E-state index contributed by atoms with van der Waals surface area (Å²) in [5.41, 5.74) is 1.75. The summed E-state index contributed by atoms with van der Waals surface area (Å²) in [7, 11) is 1.87. The molecule has 0 bridgehead atoms. The summed E-state index contributed by atoms with van der Waals surface area (Å²) in [6.45, 7) is 0.960. The van der Waals surface area contributed by atoms with Gasteiger partial charge in [0.25, 0.3) is 5.91 Å². The maximum Gasteiger partial charge on any atom is 0.256 e. The number of para-hydroxylation sites is 1. The molecule has 2 saturated carbocycles. The molecule has 0 aliphatic heterocycles. The maximum absolute atomic E-state index is 12.7. The van der Waals surface area contributed by atoms with Crippen LogP contribution in [0.1, 0.15) is 36.0 Å². The van der Waals surface area contributed by atoms with Crippen molar-refractivity contribution in [2.75, 3.05) is 18.9 Å².